The largest absolute Gasteiger partial charge is 0.350 e. The van der Waals surface area contributed by atoms with Crippen LogP contribution in [0.3, 0.4) is 0 Å². The van der Waals surface area contributed by atoms with E-state index < -0.39 is 0 Å². The number of rotatable bonds is 6. The molecule has 1 heterocycles. The molecule has 1 atom stereocenters. The minimum atomic E-state index is -0.311. The molecule has 0 saturated carbocycles. The van der Waals surface area contributed by atoms with Crippen LogP contribution in [0.5, 0.6) is 0 Å². The molecule has 0 aliphatic heterocycles. The SMILES string of the molecule is CCCNC(C)c1ccn(Cc2cc(F)ccc2C#N)c1. The summed E-state index contributed by atoms with van der Waals surface area (Å²) in [6.45, 7) is 5.74. The zero-order chi connectivity index (χ0) is 15.2. The van der Waals surface area contributed by atoms with Crippen molar-refractivity contribution >= 4 is 0 Å². The van der Waals surface area contributed by atoms with Gasteiger partial charge in [-0.2, -0.15) is 5.26 Å². The normalized spacial score (nSPS) is 12.1. The number of benzene rings is 1. The molecule has 2 rings (SSSR count). The summed E-state index contributed by atoms with van der Waals surface area (Å²) in [4.78, 5) is 0. The number of aromatic nitrogens is 1. The molecule has 110 valence electrons. The van der Waals surface area contributed by atoms with E-state index >= 15 is 0 Å². The lowest BCUT2D eigenvalue weighted by molar-refractivity contribution is 0.569. The first-order valence-corrected chi connectivity index (χ1v) is 7.21. The van der Waals surface area contributed by atoms with Gasteiger partial charge in [0.2, 0.25) is 0 Å². The zero-order valence-electron chi connectivity index (χ0n) is 12.4. The number of nitriles is 1. The fraction of sp³-hybridized carbons (Fsp3) is 0.353. The summed E-state index contributed by atoms with van der Waals surface area (Å²) >= 11 is 0. The maximum Gasteiger partial charge on any atom is 0.123 e. The standard InChI is InChI=1S/C17H20FN3/c1-3-7-20-13(2)15-6-8-21(11-15)12-16-9-17(18)5-4-14(16)10-19/h4-6,8-9,11,13,20H,3,7,12H2,1-2H3. The summed E-state index contributed by atoms with van der Waals surface area (Å²) in [6.07, 6.45) is 5.10. The molecule has 0 aliphatic carbocycles. The van der Waals surface area contributed by atoms with Crippen molar-refractivity contribution in [2.75, 3.05) is 6.54 Å². The first-order valence-electron chi connectivity index (χ1n) is 7.21. The van der Waals surface area contributed by atoms with Gasteiger partial charge in [-0.15, -0.1) is 0 Å². The van der Waals surface area contributed by atoms with Crippen molar-refractivity contribution in [1.29, 1.82) is 5.26 Å². The van der Waals surface area contributed by atoms with Crippen molar-refractivity contribution in [2.45, 2.75) is 32.9 Å². The molecule has 0 radical (unpaired) electrons. The van der Waals surface area contributed by atoms with Crippen LogP contribution in [0.4, 0.5) is 4.39 Å². The van der Waals surface area contributed by atoms with E-state index in [-0.39, 0.29) is 11.9 Å². The number of hydrogen-bond acceptors (Lipinski definition) is 2. The molecule has 0 aliphatic rings. The lowest BCUT2D eigenvalue weighted by Gasteiger charge is -2.11. The van der Waals surface area contributed by atoms with Crippen LogP contribution in [0.1, 0.15) is 43.0 Å². The molecule has 3 nitrogen and oxygen atoms in total. The molecule has 0 saturated heterocycles. The highest BCUT2D eigenvalue weighted by Crippen LogP contribution is 2.16. The van der Waals surface area contributed by atoms with Crippen LogP contribution in [-0.4, -0.2) is 11.1 Å². The third-order valence-electron chi connectivity index (χ3n) is 3.51. The minimum Gasteiger partial charge on any atom is -0.350 e. The van der Waals surface area contributed by atoms with Gasteiger partial charge in [-0.05, 0) is 55.3 Å². The Morgan fingerprint density at radius 1 is 1.38 bits per heavy atom. The fourth-order valence-electron chi connectivity index (χ4n) is 2.29. The number of hydrogen-bond donors (Lipinski definition) is 1. The second-order valence-electron chi connectivity index (χ2n) is 5.21. The van der Waals surface area contributed by atoms with Crippen molar-refractivity contribution in [2.24, 2.45) is 0 Å². The van der Waals surface area contributed by atoms with E-state index in [2.05, 4.69) is 31.3 Å². The topological polar surface area (TPSA) is 40.8 Å². The Balaban J connectivity index is 2.13. The van der Waals surface area contributed by atoms with Crippen LogP contribution in [0.15, 0.2) is 36.7 Å². The van der Waals surface area contributed by atoms with Crippen LogP contribution in [0, 0.1) is 17.1 Å². The Hall–Kier alpha value is -2.12. The molecule has 2 aromatic rings. The van der Waals surface area contributed by atoms with Crippen LogP contribution in [0.25, 0.3) is 0 Å². The monoisotopic (exact) mass is 285 g/mol. The Kier molecular flexibility index (Phi) is 5.13. The highest BCUT2D eigenvalue weighted by molar-refractivity contribution is 5.38. The van der Waals surface area contributed by atoms with Crippen molar-refractivity contribution in [3.63, 3.8) is 0 Å². The number of halogens is 1. The van der Waals surface area contributed by atoms with Gasteiger partial charge in [0.15, 0.2) is 0 Å². The molecule has 1 N–H and O–H groups in total. The van der Waals surface area contributed by atoms with E-state index in [1.807, 2.05) is 17.0 Å². The van der Waals surface area contributed by atoms with Crippen LogP contribution >= 0.6 is 0 Å². The number of nitrogens with one attached hydrogen (secondary N) is 1. The molecule has 0 amide bonds. The predicted molar refractivity (Wildman–Crippen MR) is 81.4 cm³/mol. The van der Waals surface area contributed by atoms with Gasteiger partial charge < -0.3 is 9.88 Å². The maximum atomic E-state index is 13.3. The lowest BCUT2D eigenvalue weighted by atomic mass is 10.1. The Morgan fingerprint density at radius 2 is 2.19 bits per heavy atom. The molecule has 1 aromatic carbocycles. The first-order chi connectivity index (χ1) is 10.1. The predicted octanol–water partition coefficient (Wildman–Crippen LogP) is 3.61. The van der Waals surface area contributed by atoms with Crippen LogP contribution in [0.2, 0.25) is 0 Å². The third kappa shape index (κ3) is 3.93. The highest BCUT2D eigenvalue weighted by atomic mass is 19.1. The van der Waals surface area contributed by atoms with Crippen molar-refractivity contribution < 1.29 is 4.39 Å². The summed E-state index contributed by atoms with van der Waals surface area (Å²) in [5.74, 6) is -0.311. The molecule has 1 aromatic heterocycles. The highest BCUT2D eigenvalue weighted by Gasteiger charge is 2.08. The van der Waals surface area contributed by atoms with Crippen molar-refractivity contribution in [1.82, 2.24) is 9.88 Å². The average Bonchev–Trinajstić information content (AvgIpc) is 2.93. The van der Waals surface area contributed by atoms with E-state index in [9.17, 15) is 4.39 Å². The fourth-order valence-corrected chi connectivity index (χ4v) is 2.29. The molecule has 0 fully saturated rings. The zero-order valence-corrected chi connectivity index (χ0v) is 12.4. The van der Waals surface area contributed by atoms with Crippen LogP contribution in [-0.2, 0) is 6.54 Å². The summed E-state index contributed by atoms with van der Waals surface area (Å²) in [7, 11) is 0. The molecule has 4 heteroatoms. The van der Waals surface area contributed by atoms with Gasteiger partial charge in [0.1, 0.15) is 5.82 Å². The minimum absolute atomic E-state index is 0.286. The van der Waals surface area contributed by atoms with Gasteiger partial charge in [0, 0.05) is 25.0 Å². The van der Waals surface area contributed by atoms with E-state index in [1.54, 1.807) is 0 Å². The van der Waals surface area contributed by atoms with E-state index in [0.29, 0.717) is 17.7 Å². The van der Waals surface area contributed by atoms with Gasteiger partial charge in [0.05, 0.1) is 11.6 Å². The first kappa shape index (κ1) is 15.3. The Morgan fingerprint density at radius 3 is 2.90 bits per heavy atom. The average molecular weight is 285 g/mol. The second-order valence-corrected chi connectivity index (χ2v) is 5.21. The van der Waals surface area contributed by atoms with E-state index in [1.165, 1.54) is 23.8 Å². The second kappa shape index (κ2) is 7.05. The van der Waals surface area contributed by atoms with Crippen molar-refractivity contribution in [3.8, 4) is 6.07 Å². The smallest absolute Gasteiger partial charge is 0.123 e. The quantitative estimate of drug-likeness (QED) is 0.881. The summed E-state index contributed by atoms with van der Waals surface area (Å²) in [6, 6.07) is 8.72. The Bertz CT molecular complexity index is 640. The Labute approximate surface area is 125 Å². The summed E-state index contributed by atoms with van der Waals surface area (Å²) in [5, 5.41) is 12.5. The van der Waals surface area contributed by atoms with E-state index in [4.69, 9.17) is 5.26 Å². The van der Waals surface area contributed by atoms with Gasteiger partial charge in [-0.3, -0.25) is 0 Å². The summed E-state index contributed by atoms with van der Waals surface area (Å²) in [5.41, 5.74) is 2.41. The third-order valence-corrected chi connectivity index (χ3v) is 3.51. The molecule has 0 bridgehead atoms. The van der Waals surface area contributed by atoms with Gasteiger partial charge in [-0.25, -0.2) is 4.39 Å². The maximum absolute atomic E-state index is 13.3. The lowest BCUT2D eigenvalue weighted by Crippen LogP contribution is -2.18. The molecule has 1 unspecified atom stereocenters. The van der Waals surface area contributed by atoms with E-state index in [0.717, 1.165) is 13.0 Å². The molecule has 0 spiro atoms. The van der Waals surface area contributed by atoms with Crippen molar-refractivity contribution in [3.05, 3.63) is 59.2 Å². The van der Waals surface area contributed by atoms with Gasteiger partial charge in [-0.1, -0.05) is 6.92 Å². The molecular formula is C17H20FN3. The van der Waals surface area contributed by atoms with Gasteiger partial charge >= 0.3 is 0 Å². The molecular weight excluding hydrogens is 265 g/mol. The summed E-state index contributed by atoms with van der Waals surface area (Å²) < 4.78 is 15.3. The van der Waals surface area contributed by atoms with Gasteiger partial charge in [0.25, 0.3) is 0 Å². The molecule has 21 heavy (non-hydrogen) atoms. The van der Waals surface area contributed by atoms with Crippen LogP contribution < -0.4 is 5.32 Å². The number of nitrogens with zero attached hydrogens (tertiary/aromatic N) is 2.